The van der Waals surface area contributed by atoms with E-state index in [-0.39, 0.29) is 0 Å². The van der Waals surface area contributed by atoms with Gasteiger partial charge in [0.1, 0.15) is 7.28 Å². The lowest BCUT2D eigenvalue weighted by atomic mass is 9.52. The molecule has 0 aromatic carbocycles. The van der Waals surface area contributed by atoms with Crippen molar-refractivity contribution < 1.29 is 0 Å². The zero-order valence-electron chi connectivity index (χ0n) is 12.7. The number of rotatable bonds is 5. The average molecular weight is 222 g/mol. The fourth-order valence-corrected chi connectivity index (χ4v) is 2.04. The van der Waals surface area contributed by atoms with E-state index in [2.05, 4.69) is 67.5 Å². The largest absolute Gasteiger partial charge is 0.128 e. The molecule has 0 aliphatic heterocycles. The van der Waals surface area contributed by atoms with Crippen LogP contribution >= 0.6 is 0 Å². The molecule has 2 atom stereocenters. The lowest BCUT2D eigenvalue weighted by Gasteiger charge is -2.44. The molecule has 0 aromatic heterocycles. The van der Waals surface area contributed by atoms with Crippen molar-refractivity contribution in [3.8, 4) is 0 Å². The molecule has 0 bridgehead atoms. The molecular weight excluding hydrogens is 191 g/mol. The van der Waals surface area contributed by atoms with Gasteiger partial charge in [-0.15, -0.1) is 0 Å². The van der Waals surface area contributed by atoms with E-state index < -0.39 is 0 Å². The van der Waals surface area contributed by atoms with Gasteiger partial charge in [-0.25, -0.2) is 0 Å². The van der Waals surface area contributed by atoms with Gasteiger partial charge in [0.25, 0.3) is 0 Å². The second-order valence-electron chi connectivity index (χ2n) is 6.95. The van der Waals surface area contributed by atoms with Gasteiger partial charge in [-0.1, -0.05) is 72.8 Å². The average Bonchev–Trinajstić information content (AvgIpc) is 2.12. The van der Waals surface area contributed by atoms with E-state index in [4.69, 9.17) is 0 Å². The molecule has 0 rings (SSSR count). The van der Waals surface area contributed by atoms with Crippen LogP contribution in [0.2, 0.25) is 12.1 Å². The highest BCUT2D eigenvalue weighted by molar-refractivity contribution is 6.38. The van der Waals surface area contributed by atoms with Crippen molar-refractivity contribution in [2.45, 2.75) is 67.5 Å². The molecule has 0 saturated carbocycles. The second kappa shape index (κ2) is 5.93. The van der Waals surface area contributed by atoms with Crippen molar-refractivity contribution in [1.29, 1.82) is 0 Å². The highest BCUT2D eigenvalue weighted by atomic mass is 14.4. The molecule has 0 nitrogen and oxygen atoms in total. The molecule has 16 heavy (non-hydrogen) atoms. The normalized spacial score (nSPS) is 17.5. The van der Waals surface area contributed by atoms with E-state index in [9.17, 15) is 0 Å². The van der Waals surface area contributed by atoms with Crippen LogP contribution in [0.15, 0.2) is 12.2 Å². The topological polar surface area (TPSA) is 0 Å². The highest BCUT2D eigenvalue weighted by Gasteiger charge is 2.37. The first-order valence-corrected chi connectivity index (χ1v) is 6.75. The van der Waals surface area contributed by atoms with Gasteiger partial charge in [0.15, 0.2) is 0 Å². The molecule has 0 spiro atoms. The summed E-state index contributed by atoms with van der Waals surface area (Å²) in [4.78, 5) is 0. The molecule has 94 valence electrons. The molecule has 0 saturated heterocycles. The van der Waals surface area contributed by atoms with Crippen LogP contribution in [0.3, 0.4) is 0 Å². The minimum Gasteiger partial charge on any atom is -0.0935 e. The smallest absolute Gasteiger partial charge is 0.0935 e. The minimum absolute atomic E-state index is 0.385. The Morgan fingerprint density at radius 1 is 1.06 bits per heavy atom. The molecule has 0 fully saturated rings. The fourth-order valence-electron chi connectivity index (χ4n) is 2.04. The fraction of sp³-hybridized carbons (Fsp3) is 0.867. The first-order valence-electron chi connectivity index (χ1n) is 6.75. The van der Waals surface area contributed by atoms with Crippen molar-refractivity contribution in [3.05, 3.63) is 12.2 Å². The second-order valence-corrected chi connectivity index (χ2v) is 6.95. The maximum Gasteiger partial charge on any atom is 0.128 e. The Kier molecular flexibility index (Phi) is 5.86. The van der Waals surface area contributed by atoms with E-state index in [1.807, 2.05) is 0 Å². The molecule has 0 radical (unpaired) electrons. The highest BCUT2D eigenvalue weighted by Crippen LogP contribution is 2.45. The molecule has 2 unspecified atom stereocenters. The summed E-state index contributed by atoms with van der Waals surface area (Å²) < 4.78 is 0. The van der Waals surface area contributed by atoms with Crippen LogP contribution in [0.4, 0.5) is 0 Å². The van der Waals surface area contributed by atoms with Crippen LogP contribution in [-0.4, -0.2) is 7.28 Å². The Hall–Kier alpha value is -0.195. The Morgan fingerprint density at radius 2 is 1.56 bits per heavy atom. The van der Waals surface area contributed by atoms with E-state index >= 15 is 0 Å². The summed E-state index contributed by atoms with van der Waals surface area (Å²) in [6.45, 7) is 18.7. The van der Waals surface area contributed by atoms with Gasteiger partial charge in [-0.2, -0.15) is 0 Å². The standard InChI is InChI=1S/C15H31B/c1-9-10-13(3)16-11-12(2)15(7,8)14(4,5)6/h9-10,12-13,16H,11H2,1-8H3/b10-9-. The van der Waals surface area contributed by atoms with Crippen molar-refractivity contribution >= 4 is 7.28 Å². The Morgan fingerprint density at radius 3 is 1.94 bits per heavy atom. The van der Waals surface area contributed by atoms with Crippen LogP contribution in [0.25, 0.3) is 0 Å². The van der Waals surface area contributed by atoms with Crippen LogP contribution < -0.4 is 0 Å². The molecule has 0 N–H and O–H groups in total. The summed E-state index contributed by atoms with van der Waals surface area (Å²) in [5.74, 6) is 1.50. The quantitative estimate of drug-likeness (QED) is 0.456. The first-order chi connectivity index (χ1) is 7.13. The van der Waals surface area contributed by atoms with E-state index in [0.29, 0.717) is 10.8 Å². The number of hydrogen-bond acceptors (Lipinski definition) is 0. The predicted octanol–water partition coefficient (Wildman–Crippen LogP) is 4.93. The van der Waals surface area contributed by atoms with Gasteiger partial charge >= 0.3 is 0 Å². The third kappa shape index (κ3) is 4.35. The third-order valence-electron chi connectivity index (χ3n) is 4.74. The first kappa shape index (κ1) is 15.8. The number of allylic oxidation sites excluding steroid dienone is 2. The molecule has 0 aliphatic carbocycles. The van der Waals surface area contributed by atoms with Crippen LogP contribution in [0.1, 0.15) is 55.4 Å². The molecule has 0 aromatic rings. The van der Waals surface area contributed by atoms with E-state index in [1.54, 1.807) is 0 Å². The van der Waals surface area contributed by atoms with Crippen LogP contribution in [0.5, 0.6) is 0 Å². The zero-order chi connectivity index (χ0) is 13.0. The van der Waals surface area contributed by atoms with E-state index in [1.165, 1.54) is 13.6 Å². The Balaban J connectivity index is 4.31. The van der Waals surface area contributed by atoms with Gasteiger partial charge in [0.05, 0.1) is 0 Å². The molecule has 0 amide bonds. The molecule has 1 heteroatoms. The van der Waals surface area contributed by atoms with Gasteiger partial charge in [-0.05, 0) is 23.7 Å². The van der Waals surface area contributed by atoms with Crippen molar-refractivity contribution in [2.24, 2.45) is 16.7 Å². The Labute approximate surface area is 104 Å². The minimum atomic E-state index is 0.385. The van der Waals surface area contributed by atoms with Crippen molar-refractivity contribution in [2.75, 3.05) is 0 Å². The summed E-state index contributed by atoms with van der Waals surface area (Å²) in [7, 11) is 1.31. The van der Waals surface area contributed by atoms with Crippen molar-refractivity contribution in [3.63, 3.8) is 0 Å². The maximum absolute atomic E-state index is 2.41. The van der Waals surface area contributed by atoms with Crippen LogP contribution in [0, 0.1) is 16.7 Å². The summed E-state index contributed by atoms with van der Waals surface area (Å²) >= 11 is 0. The maximum atomic E-state index is 2.41. The van der Waals surface area contributed by atoms with Crippen molar-refractivity contribution in [1.82, 2.24) is 0 Å². The predicted molar refractivity (Wildman–Crippen MR) is 78.6 cm³/mol. The monoisotopic (exact) mass is 222 g/mol. The molecule has 0 heterocycles. The van der Waals surface area contributed by atoms with Gasteiger partial charge in [-0.3, -0.25) is 0 Å². The summed E-state index contributed by atoms with van der Waals surface area (Å²) in [6.07, 6.45) is 5.82. The van der Waals surface area contributed by atoms with E-state index in [0.717, 1.165) is 11.7 Å². The van der Waals surface area contributed by atoms with Crippen LogP contribution in [-0.2, 0) is 0 Å². The Bertz CT molecular complexity index is 220. The third-order valence-corrected chi connectivity index (χ3v) is 4.74. The molecule has 0 aliphatic rings. The number of hydrogen-bond donors (Lipinski definition) is 0. The SMILES string of the molecule is C/C=C\C(C)BCC(C)C(C)(C)C(C)(C)C. The van der Waals surface area contributed by atoms with Gasteiger partial charge < -0.3 is 0 Å². The lowest BCUT2D eigenvalue weighted by molar-refractivity contribution is 0.0736. The summed E-state index contributed by atoms with van der Waals surface area (Å²) in [6, 6.07) is 0. The summed E-state index contributed by atoms with van der Waals surface area (Å²) in [5.41, 5.74) is 0.791. The van der Waals surface area contributed by atoms with Gasteiger partial charge in [0, 0.05) is 0 Å². The lowest BCUT2D eigenvalue weighted by Crippen LogP contribution is -2.36. The van der Waals surface area contributed by atoms with Gasteiger partial charge in [0.2, 0.25) is 0 Å². The molecular formula is C15H31B. The zero-order valence-corrected chi connectivity index (χ0v) is 12.7. The summed E-state index contributed by atoms with van der Waals surface area (Å²) in [5, 5.41) is 0.